The van der Waals surface area contributed by atoms with Crippen molar-refractivity contribution in [3.05, 3.63) is 40.5 Å². The highest BCUT2D eigenvalue weighted by atomic mass is 35.5. The molecule has 90 valence electrons. The first-order valence-corrected chi connectivity index (χ1v) is 6.09. The molecule has 0 atom stereocenters. The molecule has 17 heavy (non-hydrogen) atoms. The Morgan fingerprint density at radius 1 is 1.29 bits per heavy atom. The van der Waals surface area contributed by atoms with E-state index in [1.165, 1.54) is 5.56 Å². The first-order valence-electron chi connectivity index (χ1n) is 5.71. The number of halogens is 1. The summed E-state index contributed by atoms with van der Waals surface area (Å²) in [6.07, 6.45) is 0. The van der Waals surface area contributed by atoms with Crippen LogP contribution in [0.15, 0.2) is 24.3 Å². The number of nitrogens with two attached hydrogens (primary N) is 1. The first-order chi connectivity index (χ1) is 7.94. The summed E-state index contributed by atoms with van der Waals surface area (Å²) < 4.78 is 0. The molecule has 0 saturated heterocycles. The van der Waals surface area contributed by atoms with Gasteiger partial charge in [-0.05, 0) is 36.2 Å². The van der Waals surface area contributed by atoms with E-state index in [9.17, 15) is 0 Å². The largest absolute Gasteiger partial charge is 0.330 e. The molecule has 2 nitrogen and oxygen atoms in total. The molecule has 1 aromatic heterocycles. The molecule has 1 heterocycles. The van der Waals surface area contributed by atoms with Gasteiger partial charge in [0.25, 0.3) is 0 Å². The van der Waals surface area contributed by atoms with Crippen LogP contribution in [0.3, 0.4) is 0 Å². The van der Waals surface area contributed by atoms with Crippen molar-refractivity contribution in [3.63, 3.8) is 0 Å². The van der Waals surface area contributed by atoms with Crippen LogP contribution in [-0.4, -0.2) is 11.5 Å². The number of nitrogens with zero attached hydrogens (tertiary/aromatic N) is 1. The van der Waals surface area contributed by atoms with Gasteiger partial charge in [-0.25, -0.2) is 4.98 Å². The van der Waals surface area contributed by atoms with Crippen molar-refractivity contribution in [1.82, 2.24) is 4.98 Å². The molecule has 0 saturated carbocycles. The molecule has 3 heteroatoms. The number of fused-ring (bicyclic) bond motifs is 1. The van der Waals surface area contributed by atoms with Crippen molar-refractivity contribution < 1.29 is 0 Å². The van der Waals surface area contributed by atoms with E-state index in [0.717, 1.165) is 16.5 Å². The van der Waals surface area contributed by atoms with E-state index in [1.54, 1.807) is 0 Å². The number of aromatic nitrogens is 1. The number of hydrogen-bond donors (Lipinski definition) is 1. The molecule has 2 N–H and O–H groups in total. The zero-order valence-corrected chi connectivity index (χ0v) is 11.2. The summed E-state index contributed by atoms with van der Waals surface area (Å²) in [5, 5.41) is 1.69. The third-order valence-electron chi connectivity index (χ3n) is 3.24. The van der Waals surface area contributed by atoms with Gasteiger partial charge in [-0.15, -0.1) is 0 Å². The molecule has 0 spiro atoms. The molecule has 0 bridgehead atoms. The number of pyridine rings is 1. The zero-order valence-electron chi connectivity index (χ0n) is 10.4. The van der Waals surface area contributed by atoms with Gasteiger partial charge in [0.2, 0.25) is 0 Å². The Bertz CT molecular complexity index is 561. The van der Waals surface area contributed by atoms with Gasteiger partial charge in [0.1, 0.15) is 5.15 Å². The monoisotopic (exact) mass is 248 g/mol. The van der Waals surface area contributed by atoms with E-state index < -0.39 is 0 Å². The minimum Gasteiger partial charge on any atom is -0.330 e. The summed E-state index contributed by atoms with van der Waals surface area (Å²) in [7, 11) is 0. The first kappa shape index (κ1) is 12.3. The minimum atomic E-state index is -0.0122. The van der Waals surface area contributed by atoms with Gasteiger partial charge in [0.05, 0.1) is 5.52 Å². The smallest absolute Gasteiger partial charge is 0.132 e. The van der Waals surface area contributed by atoms with Gasteiger partial charge in [-0.3, -0.25) is 0 Å². The van der Waals surface area contributed by atoms with Crippen LogP contribution in [0.2, 0.25) is 5.15 Å². The van der Waals surface area contributed by atoms with E-state index in [0.29, 0.717) is 11.7 Å². The van der Waals surface area contributed by atoms with Crippen LogP contribution < -0.4 is 5.73 Å². The number of rotatable bonds is 2. The zero-order chi connectivity index (χ0) is 12.6. The van der Waals surface area contributed by atoms with Crippen LogP contribution in [0, 0.1) is 6.92 Å². The van der Waals surface area contributed by atoms with E-state index in [1.807, 2.05) is 13.0 Å². The Morgan fingerprint density at radius 2 is 2.00 bits per heavy atom. The second kappa shape index (κ2) is 4.28. The molecule has 2 aromatic rings. The highest BCUT2D eigenvalue weighted by Crippen LogP contribution is 2.27. The Hall–Kier alpha value is -1.12. The highest BCUT2D eigenvalue weighted by Gasteiger charge is 2.18. The lowest BCUT2D eigenvalue weighted by molar-refractivity contribution is 0.540. The Labute approximate surface area is 107 Å². The second-order valence-corrected chi connectivity index (χ2v) is 5.45. The Morgan fingerprint density at radius 3 is 2.65 bits per heavy atom. The lowest BCUT2D eigenvalue weighted by Gasteiger charge is -2.23. The van der Waals surface area contributed by atoms with Gasteiger partial charge in [0.15, 0.2) is 0 Å². The topological polar surface area (TPSA) is 38.9 Å². The van der Waals surface area contributed by atoms with Crippen LogP contribution in [0.5, 0.6) is 0 Å². The van der Waals surface area contributed by atoms with Crippen molar-refractivity contribution >= 4 is 22.5 Å². The van der Waals surface area contributed by atoms with Crippen LogP contribution >= 0.6 is 11.6 Å². The van der Waals surface area contributed by atoms with E-state index >= 15 is 0 Å². The fourth-order valence-corrected chi connectivity index (χ4v) is 1.94. The summed E-state index contributed by atoms with van der Waals surface area (Å²) in [4.78, 5) is 4.36. The molecule has 0 radical (unpaired) electrons. The van der Waals surface area contributed by atoms with Crippen molar-refractivity contribution in [1.29, 1.82) is 0 Å². The Kier molecular flexibility index (Phi) is 3.11. The lowest BCUT2D eigenvalue weighted by atomic mass is 9.84. The molecule has 0 aliphatic heterocycles. The number of benzene rings is 1. The predicted octanol–water partition coefficient (Wildman–Crippen LogP) is 3.43. The van der Waals surface area contributed by atoms with Crippen molar-refractivity contribution in [2.24, 2.45) is 5.73 Å². The summed E-state index contributed by atoms with van der Waals surface area (Å²) in [5.41, 5.74) is 8.95. The fourth-order valence-electron chi connectivity index (χ4n) is 1.80. The third-order valence-corrected chi connectivity index (χ3v) is 3.62. The predicted molar refractivity (Wildman–Crippen MR) is 73.6 cm³/mol. The van der Waals surface area contributed by atoms with E-state index in [4.69, 9.17) is 17.3 Å². The van der Waals surface area contributed by atoms with Gasteiger partial charge >= 0.3 is 0 Å². The maximum Gasteiger partial charge on any atom is 0.132 e. The average Bonchev–Trinajstić information content (AvgIpc) is 2.30. The molecular weight excluding hydrogens is 232 g/mol. The van der Waals surface area contributed by atoms with Crippen LogP contribution in [0.4, 0.5) is 0 Å². The van der Waals surface area contributed by atoms with Gasteiger partial charge < -0.3 is 5.73 Å². The number of aryl methyl sites for hydroxylation is 1. The third kappa shape index (κ3) is 2.28. The molecule has 1 aromatic carbocycles. The van der Waals surface area contributed by atoms with E-state index in [2.05, 4.69) is 37.0 Å². The fraction of sp³-hybridized carbons (Fsp3) is 0.357. The van der Waals surface area contributed by atoms with Crippen LogP contribution in [0.1, 0.15) is 25.0 Å². The average molecular weight is 249 g/mol. The highest BCUT2D eigenvalue weighted by molar-refractivity contribution is 6.30. The molecular formula is C14H17ClN2. The standard InChI is InChI=1S/C14H17ClN2/c1-9-6-10-7-11(14(2,3)8-16)4-5-12(10)17-13(9)15/h4-7H,8,16H2,1-3H3. The molecule has 0 amide bonds. The van der Waals surface area contributed by atoms with Crippen LogP contribution in [-0.2, 0) is 5.41 Å². The maximum absolute atomic E-state index is 6.01. The normalized spacial score (nSPS) is 12.1. The summed E-state index contributed by atoms with van der Waals surface area (Å²) >= 11 is 6.01. The quantitative estimate of drug-likeness (QED) is 0.827. The SMILES string of the molecule is Cc1cc2cc(C(C)(C)CN)ccc2nc1Cl. The maximum atomic E-state index is 6.01. The van der Waals surface area contributed by atoms with E-state index in [-0.39, 0.29) is 5.41 Å². The second-order valence-electron chi connectivity index (χ2n) is 5.09. The summed E-state index contributed by atoms with van der Waals surface area (Å²) in [6.45, 7) is 6.88. The minimum absolute atomic E-state index is 0.0122. The molecule has 0 aliphatic carbocycles. The molecule has 2 rings (SSSR count). The van der Waals surface area contributed by atoms with Crippen molar-refractivity contribution in [2.75, 3.05) is 6.54 Å². The van der Waals surface area contributed by atoms with Gasteiger partial charge in [-0.2, -0.15) is 0 Å². The summed E-state index contributed by atoms with van der Waals surface area (Å²) in [5.74, 6) is 0. The van der Waals surface area contributed by atoms with Crippen molar-refractivity contribution in [2.45, 2.75) is 26.2 Å². The lowest BCUT2D eigenvalue weighted by Crippen LogP contribution is -2.27. The Balaban J connectivity index is 2.62. The van der Waals surface area contributed by atoms with Crippen LogP contribution in [0.25, 0.3) is 10.9 Å². The molecule has 0 aliphatic rings. The van der Waals surface area contributed by atoms with Crippen molar-refractivity contribution in [3.8, 4) is 0 Å². The van der Waals surface area contributed by atoms with Gasteiger partial charge in [0, 0.05) is 17.3 Å². The summed E-state index contributed by atoms with van der Waals surface area (Å²) in [6, 6.07) is 8.31. The molecule has 0 unspecified atom stereocenters. The van der Waals surface area contributed by atoms with Gasteiger partial charge in [-0.1, -0.05) is 31.5 Å². The molecule has 0 fully saturated rings. The number of hydrogen-bond acceptors (Lipinski definition) is 2.